The van der Waals surface area contributed by atoms with Gasteiger partial charge in [0, 0.05) is 45.0 Å². The number of allylic oxidation sites excluding steroid dienone is 6. The zero-order chi connectivity index (χ0) is 27.6. The van der Waals surface area contributed by atoms with Crippen molar-refractivity contribution in [3.05, 3.63) is 155 Å². The summed E-state index contributed by atoms with van der Waals surface area (Å²) in [4.78, 5) is 0. The van der Waals surface area contributed by atoms with Crippen molar-refractivity contribution in [1.29, 1.82) is 0 Å². The molecular weight excluding hydrogens is 496 g/mol. The predicted molar refractivity (Wildman–Crippen MR) is 165 cm³/mol. The Morgan fingerprint density at radius 1 is 0.300 bits per heavy atom. The molecule has 2 aliphatic heterocycles. The summed E-state index contributed by atoms with van der Waals surface area (Å²) in [6, 6.07) is 30.5. The first kappa shape index (κ1) is 24.7. The summed E-state index contributed by atoms with van der Waals surface area (Å²) in [5, 5.41) is 0. The second-order valence-electron chi connectivity index (χ2n) is 9.64. The number of ether oxygens (including phenoxy) is 2. The normalized spacial score (nSPS) is 14.8. The maximum absolute atomic E-state index is 6.41. The lowest BCUT2D eigenvalue weighted by atomic mass is 9.96. The monoisotopic (exact) mass is 524 g/mol. The van der Waals surface area contributed by atoms with Crippen LogP contribution in [0.5, 0.6) is 0 Å². The molecule has 2 heterocycles. The van der Waals surface area contributed by atoms with Crippen molar-refractivity contribution in [1.82, 2.24) is 0 Å². The first-order valence-corrected chi connectivity index (χ1v) is 12.8. The van der Waals surface area contributed by atoms with E-state index in [9.17, 15) is 0 Å². The molecule has 0 bridgehead atoms. The van der Waals surface area contributed by atoms with Crippen LogP contribution in [0.2, 0.25) is 0 Å². The van der Waals surface area contributed by atoms with E-state index in [0.717, 1.165) is 33.4 Å². The zero-order valence-corrected chi connectivity index (χ0v) is 21.7. The molecule has 0 amide bonds. The highest BCUT2D eigenvalue weighted by molar-refractivity contribution is 5.84. The van der Waals surface area contributed by atoms with E-state index in [-0.39, 0.29) is 0 Å². The lowest BCUT2D eigenvalue weighted by Crippen LogP contribution is -2.04. The Morgan fingerprint density at radius 2 is 0.500 bits per heavy atom. The van der Waals surface area contributed by atoms with Crippen LogP contribution in [0, 0.1) is 0 Å². The molecule has 0 saturated heterocycles. The molecule has 196 valence electrons. The Bertz CT molecular complexity index is 1470. The molecule has 6 nitrogen and oxygen atoms in total. The first-order valence-electron chi connectivity index (χ1n) is 12.8. The van der Waals surface area contributed by atoms with Crippen LogP contribution in [0.15, 0.2) is 133 Å². The quantitative estimate of drug-likeness (QED) is 0.217. The van der Waals surface area contributed by atoms with Gasteiger partial charge in [-0.25, -0.2) is 0 Å². The highest BCUT2D eigenvalue weighted by atomic mass is 16.5. The molecule has 4 aromatic carbocycles. The molecule has 0 atom stereocenters. The number of hydrogen-bond donors (Lipinski definition) is 4. The van der Waals surface area contributed by atoms with Gasteiger partial charge < -0.3 is 32.4 Å². The van der Waals surface area contributed by atoms with Gasteiger partial charge in [0.05, 0.1) is 0 Å². The lowest BCUT2D eigenvalue weighted by molar-refractivity contribution is 0.464. The number of nitrogens with two attached hydrogens (primary N) is 4. The van der Waals surface area contributed by atoms with E-state index < -0.39 is 0 Å². The average Bonchev–Trinajstić information content (AvgIpc) is 2.98. The van der Waals surface area contributed by atoms with Crippen molar-refractivity contribution in [3.8, 4) is 0 Å². The summed E-state index contributed by atoms with van der Waals surface area (Å²) in [6.07, 6.45) is 8.12. The lowest BCUT2D eigenvalue weighted by Gasteiger charge is -2.23. The molecule has 6 heteroatoms. The fourth-order valence-corrected chi connectivity index (χ4v) is 4.49. The van der Waals surface area contributed by atoms with E-state index in [0.29, 0.717) is 45.8 Å². The molecule has 0 fully saturated rings. The molecule has 0 saturated carbocycles. The zero-order valence-electron chi connectivity index (χ0n) is 21.7. The van der Waals surface area contributed by atoms with Gasteiger partial charge in [-0.1, -0.05) is 0 Å². The summed E-state index contributed by atoms with van der Waals surface area (Å²) >= 11 is 0. The third kappa shape index (κ3) is 5.19. The summed E-state index contributed by atoms with van der Waals surface area (Å²) < 4.78 is 12.8. The van der Waals surface area contributed by atoms with Gasteiger partial charge in [0.15, 0.2) is 0 Å². The largest absolute Gasteiger partial charge is 0.456 e. The highest BCUT2D eigenvalue weighted by Gasteiger charge is 2.21. The molecule has 4 aromatic rings. The van der Waals surface area contributed by atoms with E-state index >= 15 is 0 Å². The van der Waals surface area contributed by atoms with E-state index in [1.54, 1.807) is 0 Å². The molecular formula is C34H28N4O2. The van der Waals surface area contributed by atoms with Crippen LogP contribution in [-0.4, -0.2) is 0 Å². The van der Waals surface area contributed by atoms with Gasteiger partial charge in [-0.3, -0.25) is 0 Å². The summed E-state index contributed by atoms with van der Waals surface area (Å²) in [5.74, 6) is 2.81. The second kappa shape index (κ2) is 10.3. The number of rotatable bonds is 4. The van der Waals surface area contributed by atoms with Crippen LogP contribution in [0.4, 0.5) is 22.7 Å². The first-order chi connectivity index (χ1) is 19.4. The van der Waals surface area contributed by atoms with Crippen molar-refractivity contribution in [2.75, 3.05) is 22.9 Å². The average molecular weight is 525 g/mol. The Hall–Kier alpha value is -5.62. The minimum absolute atomic E-state index is 0.685. The number of nitrogen functional groups attached to an aromatic ring is 4. The molecule has 0 spiro atoms. The molecule has 6 rings (SSSR count). The topological polar surface area (TPSA) is 123 Å². The van der Waals surface area contributed by atoms with Crippen LogP contribution >= 0.6 is 0 Å². The molecule has 8 N–H and O–H groups in total. The van der Waals surface area contributed by atoms with E-state index in [1.807, 2.05) is 121 Å². The van der Waals surface area contributed by atoms with Crippen molar-refractivity contribution in [2.45, 2.75) is 0 Å². The molecule has 0 aromatic heterocycles. The minimum atomic E-state index is 0.685. The van der Waals surface area contributed by atoms with Crippen molar-refractivity contribution in [2.24, 2.45) is 0 Å². The van der Waals surface area contributed by atoms with Gasteiger partial charge in [0.2, 0.25) is 0 Å². The highest BCUT2D eigenvalue weighted by Crippen LogP contribution is 2.38. The van der Waals surface area contributed by atoms with Crippen LogP contribution in [0.25, 0.3) is 23.0 Å². The Morgan fingerprint density at radius 3 is 0.700 bits per heavy atom. The van der Waals surface area contributed by atoms with E-state index in [2.05, 4.69) is 0 Å². The predicted octanol–water partition coefficient (Wildman–Crippen LogP) is 6.84. The number of anilines is 4. The minimum Gasteiger partial charge on any atom is -0.456 e. The van der Waals surface area contributed by atoms with Crippen molar-refractivity contribution >= 4 is 45.8 Å². The van der Waals surface area contributed by atoms with Crippen LogP contribution in [0.3, 0.4) is 0 Å². The van der Waals surface area contributed by atoms with E-state index in [1.165, 1.54) is 0 Å². The Kier molecular flexibility index (Phi) is 6.34. The summed E-state index contributed by atoms with van der Waals surface area (Å²) in [6.45, 7) is 0. The maximum Gasteiger partial charge on any atom is 0.135 e. The van der Waals surface area contributed by atoms with Gasteiger partial charge in [0.25, 0.3) is 0 Å². The summed E-state index contributed by atoms with van der Waals surface area (Å²) in [5.41, 5.74) is 32.1. The van der Waals surface area contributed by atoms with Gasteiger partial charge >= 0.3 is 0 Å². The third-order valence-corrected chi connectivity index (χ3v) is 6.70. The van der Waals surface area contributed by atoms with Crippen LogP contribution < -0.4 is 22.9 Å². The smallest absolute Gasteiger partial charge is 0.135 e. The molecule has 0 radical (unpaired) electrons. The number of benzene rings is 4. The van der Waals surface area contributed by atoms with Gasteiger partial charge in [0.1, 0.15) is 23.0 Å². The van der Waals surface area contributed by atoms with Crippen LogP contribution in [-0.2, 0) is 9.47 Å². The van der Waals surface area contributed by atoms with Crippen LogP contribution in [0.1, 0.15) is 22.3 Å². The Labute approximate surface area is 232 Å². The van der Waals surface area contributed by atoms with Gasteiger partial charge in [-0.05, 0) is 133 Å². The number of hydrogen-bond acceptors (Lipinski definition) is 6. The fraction of sp³-hybridized carbons (Fsp3) is 0. The second-order valence-corrected chi connectivity index (χ2v) is 9.64. The Balaban J connectivity index is 1.54. The van der Waals surface area contributed by atoms with Crippen molar-refractivity contribution < 1.29 is 9.47 Å². The summed E-state index contributed by atoms with van der Waals surface area (Å²) in [7, 11) is 0. The SMILES string of the molecule is Nc1ccc(C2=CC(=C3C=C(c4ccc(N)cc4)OC(c4ccc(N)cc4)=C3)C=C(c3ccc(N)cc3)O2)cc1. The molecule has 0 aliphatic carbocycles. The van der Waals surface area contributed by atoms with Gasteiger partial charge in [-0.15, -0.1) is 0 Å². The molecule has 2 aliphatic rings. The standard InChI is InChI=1S/C34H28N4O2/c35-27-9-1-21(2-10-27)31-17-25(18-32(39-31)22-3-11-28(36)12-4-22)26-19-33(23-5-13-29(37)14-6-23)40-34(20-26)24-7-15-30(38)16-8-24/h1-20H,35-38H2. The van der Waals surface area contributed by atoms with Gasteiger partial charge in [-0.2, -0.15) is 0 Å². The third-order valence-electron chi connectivity index (χ3n) is 6.70. The van der Waals surface area contributed by atoms with E-state index in [4.69, 9.17) is 32.4 Å². The fourth-order valence-electron chi connectivity index (χ4n) is 4.49. The molecule has 0 unspecified atom stereocenters. The molecule has 40 heavy (non-hydrogen) atoms. The van der Waals surface area contributed by atoms with Crippen molar-refractivity contribution in [3.63, 3.8) is 0 Å². The maximum atomic E-state index is 6.41.